The second kappa shape index (κ2) is 15.0. The zero-order valence-corrected chi connectivity index (χ0v) is 13.8. The average Bonchev–Trinajstić information content (AvgIpc) is 2.37. The Kier molecular flexibility index (Phi) is 17.6. The molecule has 0 aromatic heterocycles. The van der Waals surface area contributed by atoms with Crippen molar-refractivity contribution in [1.82, 2.24) is 0 Å². The van der Waals surface area contributed by atoms with E-state index in [2.05, 4.69) is 17.9 Å². The van der Waals surface area contributed by atoms with Gasteiger partial charge >= 0.3 is 11.9 Å². The van der Waals surface area contributed by atoms with Crippen molar-refractivity contribution in [3.8, 4) is 0 Å². The maximum absolute atomic E-state index is 10.6. The van der Waals surface area contributed by atoms with Crippen molar-refractivity contribution in [3.63, 3.8) is 0 Å². The molecular weight excluding hydrogens is 298 g/mol. The molecular formula is C14H26ClNO5. The van der Waals surface area contributed by atoms with E-state index in [-0.39, 0.29) is 31.6 Å². The fourth-order valence-electron chi connectivity index (χ4n) is 0.775. The van der Waals surface area contributed by atoms with Crippen LogP contribution in [-0.2, 0) is 19.1 Å². The first-order chi connectivity index (χ1) is 9.26. The van der Waals surface area contributed by atoms with Crippen LogP contribution in [0.25, 0.3) is 0 Å². The predicted octanol–water partition coefficient (Wildman–Crippen LogP) is -2.48. The zero-order valence-electron chi connectivity index (χ0n) is 13.0. The standard InChI is InChI=1S/C8H16NO2.C6H10O3.ClH/c1-5-8(10)11-7-6-9(2,3)4;1-2-6(8)9-5-3-4-7;/h5H,1,6-7H2,2-4H3;2,7H,1,3-5H2;1H/q+1;;/p-1. The van der Waals surface area contributed by atoms with Gasteiger partial charge in [0.1, 0.15) is 13.2 Å². The summed E-state index contributed by atoms with van der Waals surface area (Å²) in [5.41, 5.74) is 0. The molecule has 1 N–H and O–H groups in total. The number of carbonyl (C=O) groups excluding carboxylic acids is 2. The molecule has 0 bridgehead atoms. The SMILES string of the molecule is C=CC(=O)OCCCO.C=CC(=O)OCC[N+](C)(C)C.[Cl-]. The highest BCUT2D eigenvalue weighted by Gasteiger charge is 2.06. The molecule has 0 radical (unpaired) electrons. The molecule has 0 saturated heterocycles. The quantitative estimate of drug-likeness (QED) is 0.232. The molecule has 0 aliphatic rings. The van der Waals surface area contributed by atoms with E-state index in [0.717, 1.165) is 17.1 Å². The number of rotatable bonds is 8. The maximum atomic E-state index is 10.6. The van der Waals surface area contributed by atoms with Crippen LogP contribution >= 0.6 is 0 Å². The molecule has 124 valence electrons. The molecule has 0 heterocycles. The lowest BCUT2D eigenvalue weighted by Gasteiger charge is -2.23. The Labute approximate surface area is 133 Å². The number of aliphatic hydroxyl groups excluding tert-OH is 1. The van der Waals surface area contributed by atoms with Crippen molar-refractivity contribution in [2.45, 2.75) is 6.42 Å². The highest BCUT2D eigenvalue weighted by molar-refractivity contribution is 5.81. The summed E-state index contributed by atoms with van der Waals surface area (Å²) in [5, 5.41) is 8.23. The molecule has 0 fully saturated rings. The van der Waals surface area contributed by atoms with Gasteiger partial charge in [-0.05, 0) is 0 Å². The summed E-state index contributed by atoms with van der Waals surface area (Å²) in [6.07, 6.45) is 2.76. The van der Waals surface area contributed by atoms with Gasteiger partial charge in [0.15, 0.2) is 0 Å². The Hall–Kier alpha value is -1.37. The van der Waals surface area contributed by atoms with Gasteiger partial charge in [-0.15, -0.1) is 0 Å². The van der Waals surface area contributed by atoms with Gasteiger partial charge in [-0.25, -0.2) is 9.59 Å². The number of esters is 2. The number of ether oxygens (including phenoxy) is 2. The smallest absolute Gasteiger partial charge is 0.330 e. The van der Waals surface area contributed by atoms with Crippen LogP contribution in [0.15, 0.2) is 25.3 Å². The molecule has 6 nitrogen and oxygen atoms in total. The normalized spacial score (nSPS) is 9.33. The fourth-order valence-corrected chi connectivity index (χ4v) is 0.775. The third kappa shape index (κ3) is 24.1. The molecule has 21 heavy (non-hydrogen) atoms. The third-order valence-corrected chi connectivity index (χ3v) is 1.89. The van der Waals surface area contributed by atoms with Crippen LogP contribution in [-0.4, -0.2) is 69.0 Å². The topological polar surface area (TPSA) is 72.8 Å². The molecule has 7 heteroatoms. The van der Waals surface area contributed by atoms with Gasteiger partial charge in [0.25, 0.3) is 0 Å². The van der Waals surface area contributed by atoms with Crippen LogP contribution in [0.2, 0.25) is 0 Å². The molecule has 0 aliphatic heterocycles. The molecule has 0 rings (SSSR count). The van der Waals surface area contributed by atoms with Gasteiger partial charge in [-0.2, -0.15) is 0 Å². The van der Waals surface area contributed by atoms with Crippen molar-refractivity contribution in [2.24, 2.45) is 0 Å². The van der Waals surface area contributed by atoms with E-state index < -0.39 is 5.97 Å². The average molecular weight is 324 g/mol. The molecule has 0 saturated carbocycles. The van der Waals surface area contributed by atoms with Gasteiger partial charge in [-0.3, -0.25) is 0 Å². The molecule has 0 unspecified atom stereocenters. The van der Waals surface area contributed by atoms with Gasteiger partial charge in [0, 0.05) is 25.2 Å². The second-order valence-corrected chi connectivity index (χ2v) is 4.83. The minimum atomic E-state index is -0.441. The number of quaternary nitrogens is 1. The van der Waals surface area contributed by atoms with E-state index in [9.17, 15) is 9.59 Å². The second-order valence-electron chi connectivity index (χ2n) is 4.83. The number of likely N-dealkylation sites (N-methyl/N-ethyl adjacent to an activating group) is 1. The number of hydrogen-bond donors (Lipinski definition) is 1. The van der Waals surface area contributed by atoms with E-state index in [0.29, 0.717) is 13.0 Å². The van der Waals surface area contributed by atoms with Crippen LogP contribution in [0.5, 0.6) is 0 Å². The van der Waals surface area contributed by atoms with Gasteiger partial charge in [-0.1, -0.05) is 13.2 Å². The number of aliphatic hydroxyl groups is 1. The summed E-state index contributed by atoms with van der Waals surface area (Å²) < 4.78 is 10.1. The predicted molar refractivity (Wildman–Crippen MR) is 76.9 cm³/mol. The van der Waals surface area contributed by atoms with Gasteiger partial charge < -0.3 is 31.5 Å². The highest BCUT2D eigenvalue weighted by atomic mass is 35.5. The van der Waals surface area contributed by atoms with Crippen molar-refractivity contribution in [1.29, 1.82) is 0 Å². The lowest BCUT2D eigenvalue weighted by molar-refractivity contribution is -0.870. The van der Waals surface area contributed by atoms with Crippen LogP contribution in [0.4, 0.5) is 0 Å². The van der Waals surface area contributed by atoms with Crippen molar-refractivity contribution in [3.05, 3.63) is 25.3 Å². The molecule has 0 amide bonds. The molecule has 0 aliphatic carbocycles. The summed E-state index contributed by atoms with van der Waals surface area (Å²) in [6, 6.07) is 0. The first-order valence-corrected chi connectivity index (χ1v) is 6.26. The summed E-state index contributed by atoms with van der Waals surface area (Å²) >= 11 is 0. The number of carbonyl (C=O) groups is 2. The number of nitrogens with zero attached hydrogens (tertiary/aromatic N) is 1. The Morgan fingerprint density at radius 2 is 1.48 bits per heavy atom. The largest absolute Gasteiger partial charge is 1.00 e. The van der Waals surface area contributed by atoms with Gasteiger partial charge in [0.2, 0.25) is 0 Å². The van der Waals surface area contributed by atoms with E-state index in [1.54, 1.807) is 0 Å². The molecule has 0 spiro atoms. The lowest BCUT2D eigenvalue weighted by atomic mass is 10.5. The molecule has 0 atom stereocenters. The first-order valence-electron chi connectivity index (χ1n) is 6.26. The Morgan fingerprint density at radius 1 is 1.05 bits per heavy atom. The molecule has 0 aromatic rings. The van der Waals surface area contributed by atoms with Crippen molar-refractivity contribution >= 4 is 11.9 Å². The zero-order chi connectivity index (χ0) is 16.0. The van der Waals surface area contributed by atoms with E-state index >= 15 is 0 Å². The van der Waals surface area contributed by atoms with E-state index in [1.807, 2.05) is 21.1 Å². The minimum absolute atomic E-state index is 0. The number of halogens is 1. The fraction of sp³-hybridized carbons (Fsp3) is 0.571. The van der Waals surface area contributed by atoms with Crippen molar-refractivity contribution < 1.29 is 41.1 Å². The molecule has 0 aromatic carbocycles. The summed E-state index contributed by atoms with van der Waals surface area (Å²) in [4.78, 5) is 20.8. The van der Waals surface area contributed by atoms with Gasteiger partial charge in [0.05, 0.1) is 27.7 Å². The summed E-state index contributed by atoms with van der Waals surface area (Å²) in [5.74, 6) is -0.790. The Morgan fingerprint density at radius 3 is 1.81 bits per heavy atom. The van der Waals surface area contributed by atoms with Crippen LogP contribution in [0.1, 0.15) is 6.42 Å². The minimum Gasteiger partial charge on any atom is -1.00 e. The summed E-state index contributed by atoms with van der Waals surface area (Å²) in [7, 11) is 6.13. The van der Waals surface area contributed by atoms with E-state index in [4.69, 9.17) is 9.84 Å². The first kappa shape index (κ1) is 24.6. The Balaban J connectivity index is -0.000000300. The van der Waals surface area contributed by atoms with Crippen molar-refractivity contribution in [2.75, 3.05) is 47.5 Å². The summed E-state index contributed by atoms with van der Waals surface area (Å²) in [6.45, 7) is 8.08. The highest BCUT2D eigenvalue weighted by Crippen LogP contribution is 1.89. The monoisotopic (exact) mass is 323 g/mol. The van der Waals surface area contributed by atoms with Crippen LogP contribution < -0.4 is 12.4 Å². The third-order valence-electron chi connectivity index (χ3n) is 1.89. The maximum Gasteiger partial charge on any atom is 0.330 e. The van der Waals surface area contributed by atoms with E-state index in [1.165, 1.54) is 6.08 Å². The lowest BCUT2D eigenvalue weighted by Crippen LogP contribution is -3.00. The Bertz CT molecular complexity index is 313. The van der Waals surface area contributed by atoms with Crippen LogP contribution in [0, 0.1) is 0 Å². The number of hydrogen-bond acceptors (Lipinski definition) is 5. The van der Waals surface area contributed by atoms with Crippen LogP contribution in [0.3, 0.4) is 0 Å².